The van der Waals surface area contributed by atoms with Crippen molar-refractivity contribution >= 4 is 47.1 Å². The van der Waals surface area contributed by atoms with Crippen molar-refractivity contribution in [3.8, 4) is 0 Å². The Labute approximate surface area is 355 Å². The van der Waals surface area contributed by atoms with Gasteiger partial charge in [-0.2, -0.15) is 11.8 Å². The van der Waals surface area contributed by atoms with Gasteiger partial charge in [-0.1, -0.05) is 76.5 Å². The predicted octanol–water partition coefficient (Wildman–Crippen LogP) is 5.41. The van der Waals surface area contributed by atoms with Gasteiger partial charge in [-0.15, -0.1) is 11.6 Å². The number of esters is 2. The number of carbonyl (C=O) groups is 4. The first-order valence-electron chi connectivity index (χ1n) is 15.1. The summed E-state index contributed by atoms with van der Waals surface area (Å²) in [6.07, 6.45) is 5.84. The minimum Gasteiger partial charge on any atom is -0.870 e. The predicted molar refractivity (Wildman–Crippen MR) is 212 cm³/mol. The molecule has 2 unspecified atom stereocenters. The number of ether oxygens (including phenoxy) is 2. The van der Waals surface area contributed by atoms with Gasteiger partial charge in [0.05, 0.1) is 19.1 Å². The summed E-state index contributed by atoms with van der Waals surface area (Å²) in [5.74, 6) is 0.500. The van der Waals surface area contributed by atoms with Gasteiger partial charge in [0.25, 0.3) is 0 Å². The van der Waals surface area contributed by atoms with E-state index in [9.17, 15) is 19.2 Å². The van der Waals surface area contributed by atoms with Crippen molar-refractivity contribution in [1.82, 2.24) is 10.6 Å². The van der Waals surface area contributed by atoms with E-state index in [4.69, 9.17) is 15.2 Å². The van der Waals surface area contributed by atoms with Crippen molar-refractivity contribution in [2.75, 3.05) is 37.6 Å². The van der Waals surface area contributed by atoms with Crippen molar-refractivity contribution in [3.63, 3.8) is 0 Å². The van der Waals surface area contributed by atoms with E-state index in [1.54, 1.807) is 25.6 Å². The van der Waals surface area contributed by atoms with Crippen LogP contribution in [0.4, 0.5) is 0 Å². The molecule has 0 rings (SSSR count). The Hall–Kier alpha value is -0.444. The monoisotopic (exact) mass is 771 g/mol. The topological polar surface area (TPSA) is 167 Å². The molecule has 2 amide bonds. The van der Waals surface area contributed by atoms with Crippen LogP contribution in [-0.2, 0) is 28.7 Å². The van der Waals surface area contributed by atoms with Crippen molar-refractivity contribution in [1.29, 1.82) is 0 Å². The minimum absolute atomic E-state index is 0. The van der Waals surface area contributed by atoms with Crippen LogP contribution in [0.2, 0.25) is 0 Å². The smallest absolute Gasteiger partial charge is 0.870 e. The van der Waals surface area contributed by atoms with Gasteiger partial charge in [-0.05, 0) is 60.8 Å². The van der Waals surface area contributed by atoms with Crippen molar-refractivity contribution in [3.05, 3.63) is 24.3 Å². The molecule has 0 aliphatic carbocycles. The third-order valence-corrected chi connectivity index (χ3v) is 6.21. The van der Waals surface area contributed by atoms with E-state index in [1.807, 2.05) is 34.6 Å². The number of unbranched alkanes of at least 4 members (excludes halogenated alkanes) is 2. The van der Waals surface area contributed by atoms with Crippen molar-refractivity contribution in [2.45, 2.75) is 136 Å². The summed E-state index contributed by atoms with van der Waals surface area (Å²) in [6.45, 7) is 25.5. The molecule has 0 heterocycles. The molecule has 5 N–H and O–H groups in total. The quantitative estimate of drug-likeness (QED) is 0.0543. The van der Waals surface area contributed by atoms with Crippen LogP contribution in [0.1, 0.15) is 124 Å². The zero-order chi connectivity index (χ0) is 34.4. The molecule has 0 aliphatic heterocycles. The van der Waals surface area contributed by atoms with Crippen LogP contribution in [0.3, 0.4) is 0 Å². The average Bonchev–Trinajstić information content (AvgIpc) is 2.93. The second-order valence-corrected chi connectivity index (χ2v) is 11.7. The van der Waals surface area contributed by atoms with Crippen LogP contribution in [0.5, 0.6) is 0 Å². The SMILES string of the molecule is C.C.C.C.C=C(C)C(=O)NC(C)C.C=C(C)C(=O)OCCCC.CCCCOC(=O)C(C)CC(CSCCN)C(=O)NC(C)C.CCl.[K+].[OH-]. The molecule has 10 nitrogen and oxygen atoms in total. The fourth-order valence-corrected chi connectivity index (χ4v) is 3.67. The number of alkyl halides is 1. The number of thioether (sulfide) groups is 1. The first-order chi connectivity index (χ1) is 20.1. The number of rotatable bonds is 18. The Bertz CT molecular complexity index is 790. The molecule has 49 heavy (non-hydrogen) atoms. The summed E-state index contributed by atoms with van der Waals surface area (Å²) in [4.78, 5) is 45.6. The van der Waals surface area contributed by atoms with Gasteiger partial charge in [-0.25, -0.2) is 4.79 Å². The molecule has 0 fully saturated rings. The first kappa shape index (κ1) is 73.9. The number of nitrogens with one attached hydrogen (secondary N) is 2. The molecule has 0 aromatic carbocycles. The Morgan fingerprint density at radius 1 is 0.796 bits per heavy atom. The molecule has 0 spiro atoms. The fraction of sp³-hybridized carbons (Fsp3) is 0.778. The van der Waals surface area contributed by atoms with E-state index in [0.29, 0.717) is 43.1 Å². The minimum atomic E-state index is -0.284. The number of nitrogens with two attached hydrogens (primary N) is 1. The fourth-order valence-electron chi connectivity index (χ4n) is 2.76. The Morgan fingerprint density at radius 3 is 1.55 bits per heavy atom. The maximum absolute atomic E-state index is 12.3. The van der Waals surface area contributed by atoms with E-state index >= 15 is 0 Å². The Kier molecular flexibility index (Phi) is 78.3. The zero-order valence-corrected chi connectivity index (χ0v) is 34.8. The molecular formula is C36H79ClKN3O7S. The molecule has 0 aliphatic rings. The molecule has 0 bridgehead atoms. The molecule has 0 saturated carbocycles. The maximum atomic E-state index is 12.3. The molecule has 2 atom stereocenters. The second-order valence-electron chi connectivity index (χ2n) is 10.6. The van der Waals surface area contributed by atoms with Gasteiger partial charge in [0.1, 0.15) is 0 Å². The van der Waals surface area contributed by atoms with E-state index in [1.165, 1.54) is 6.38 Å². The molecule has 0 radical (unpaired) electrons. The van der Waals surface area contributed by atoms with Crippen LogP contribution < -0.4 is 67.8 Å². The van der Waals surface area contributed by atoms with Crippen LogP contribution in [-0.4, -0.2) is 79.0 Å². The molecular weight excluding hydrogens is 693 g/mol. The van der Waals surface area contributed by atoms with Gasteiger partial charge < -0.3 is 31.3 Å². The summed E-state index contributed by atoms with van der Waals surface area (Å²) in [7, 11) is 0. The van der Waals surface area contributed by atoms with Gasteiger partial charge in [0, 0.05) is 53.6 Å². The van der Waals surface area contributed by atoms with E-state index < -0.39 is 0 Å². The van der Waals surface area contributed by atoms with E-state index in [0.717, 1.165) is 31.4 Å². The average molecular weight is 773 g/mol. The van der Waals surface area contributed by atoms with Gasteiger partial charge >= 0.3 is 63.3 Å². The normalized spacial score (nSPS) is 9.84. The number of halogens is 1. The third-order valence-electron chi connectivity index (χ3n) is 5.05. The van der Waals surface area contributed by atoms with E-state index in [2.05, 4.69) is 49.2 Å². The summed E-state index contributed by atoms with van der Waals surface area (Å²) < 4.78 is 10.0. The maximum Gasteiger partial charge on any atom is 1.00 e. The van der Waals surface area contributed by atoms with Crippen molar-refractivity contribution < 1.29 is 85.5 Å². The summed E-state index contributed by atoms with van der Waals surface area (Å²) in [5.41, 5.74) is 6.52. The molecule has 0 aromatic heterocycles. The number of hydrogen-bond acceptors (Lipinski definition) is 9. The molecule has 0 aromatic rings. The third kappa shape index (κ3) is 54.5. The largest absolute Gasteiger partial charge is 1.00 e. The second kappa shape index (κ2) is 51.9. The number of amides is 2. The van der Waals surface area contributed by atoms with E-state index in [-0.39, 0.29) is 134 Å². The number of hydrogen-bond donors (Lipinski definition) is 3. The van der Waals surface area contributed by atoms with Crippen LogP contribution in [0, 0.1) is 11.8 Å². The van der Waals surface area contributed by atoms with Crippen LogP contribution in [0.25, 0.3) is 0 Å². The van der Waals surface area contributed by atoms with Crippen LogP contribution in [0.15, 0.2) is 24.3 Å². The molecule has 294 valence electrons. The van der Waals surface area contributed by atoms with Crippen LogP contribution >= 0.6 is 23.4 Å². The first-order valence-corrected chi connectivity index (χ1v) is 17.0. The van der Waals surface area contributed by atoms with Crippen molar-refractivity contribution in [2.24, 2.45) is 17.6 Å². The zero-order valence-electron chi connectivity index (χ0n) is 30.1. The Balaban J connectivity index is -0.0000000600. The molecule has 13 heteroatoms. The number of carbonyl (C=O) groups excluding carboxylic acids is 4. The van der Waals surface area contributed by atoms with Gasteiger partial charge in [-0.3, -0.25) is 14.4 Å². The summed E-state index contributed by atoms with van der Waals surface area (Å²) in [5, 5.41) is 5.63. The van der Waals surface area contributed by atoms with Gasteiger partial charge in [0.2, 0.25) is 11.8 Å². The Morgan fingerprint density at radius 2 is 1.22 bits per heavy atom. The van der Waals surface area contributed by atoms with Gasteiger partial charge in [0.15, 0.2) is 0 Å². The summed E-state index contributed by atoms with van der Waals surface area (Å²) in [6, 6.07) is 0.301. The standard InChI is InChI=1S/C16H32N2O3S.C8H14O2.C7H13NO.CH3Cl.4CH4.K.H2O/c1-5-6-8-21-16(20)13(4)10-14(11-22-9-7-17)15(19)18-12(2)3;1-4-5-6-10-8(9)7(2)3;1-5(2)7(9)8-6(3)4;1-2;;;;;;/h12-14H,5-11,17H2,1-4H3,(H,18,19);2,4-6H2,1,3H3;6H,1H2,2-4H3,(H,8,9);1H3;4*1H4;;1H2/q;;;;;;;;+1;/p-1. The molecule has 0 saturated heterocycles. The summed E-state index contributed by atoms with van der Waals surface area (Å²) >= 11 is 6.29.